The number of aromatic hydroxyl groups is 1. The van der Waals surface area contributed by atoms with Crippen LogP contribution in [0.1, 0.15) is 58.0 Å². The van der Waals surface area contributed by atoms with Gasteiger partial charge in [0.15, 0.2) is 0 Å². The van der Waals surface area contributed by atoms with E-state index in [-0.39, 0.29) is 87.4 Å². The van der Waals surface area contributed by atoms with Crippen molar-refractivity contribution in [3.63, 3.8) is 0 Å². The van der Waals surface area contributed by atoms with Gasteiger partial charge in [0.25, 0.3) is 40.1 Å². The number of urea groups is 4. The second-order valence-corrected chi connectivity index (χ2v) is 31.9. The minimum Gasteiger partial charge on any atom is -0.506 e. The lowest BCUT2D eigenvalue weighted by Crippen LogP contribution is -2.35. The molecule has 8 aromatic rings. The summed E-state index contributed by atoms with van der Waals surface area (Å²) in [4.78, 5) is 81.0. The summed E-state index contributed by atoms with van der Waals surface area (Å²) in [6.45, 7) is 14.5. The van der Waals surface area contributed by atoms with Gasteiger partial charge in [0.2, 0.25) is 35.6 Å². The number of aryl methyl sites for hydroxylation is 4. The molecule has 0 radical (unpaired) electrons. The number of allylic oxidation sites excluding steroid dienone is 1. The molecule has 0 saturated carbocycles. The average molecular weight is 2030 g/mol. The predicted octanol–water partition coefficient (Wildman–Crippen LogP) is 11.1. The van der Waals surface area contributed by atoms with Crippen molar-refractivity contribution in [3.05, 3.63) is 151 Å². The van der Waals surface area contributed by atoms with Crippen molar-refractivity contribution in [2.45, 2.75) is 95.1 Å². The van der Waals surface area contributed by atoms with E-state index in [2.05, 4.69) is 77.4 Å². The van der Waals surface area contributed by atoms with Gasteiger partial charge in [0.1, 0.15) is 53.6 Å². The van der Waals surface area contributed by atoms with Crippen LogP contribution in [-0.2, 0) is 40.1 Å². The average Bonchev–Trinajstić information content (AvgIpc) is 0.814. The van der Waals surface area contributed by atoms with Gasteiger partial charge in [-0.1, -0.05) is 48.9 Å². The largest absolute Gasteiger partial charge is 0.506 e. The number of sulfonamides is 4. The first kappa shape index (κ1) is 91.8. The number of nitrogens with zero attached hydrogens (tertiary/aromatic N) is 9. The number of alkyl halides is 2. The number of amides is 8. The molecule has 0 saturated heterocycles. The number of ether oxygens (including phenoxy) is 5. The molecule has 574 valence electrons. The summed E-state index contributed by atoms with van der Waals surface area (Å²) in [5.41, 5.74) is 2.98. The summed E-state index contributed by atoms with van der Waals surface area (Å²) in [6, 6.07) is 16.6. The third-order valence-corrected chi connectivity index (χ3v) is 21.9. The Morgan fingerprint density at radius 2 is 0.840 bits per heavy atom. The minimum absolute atomic E-state index is 0. The van der Waals surface area contributed by atoms with E-state index in [1.807, 2.05) is 41.2 Å². The molecule has 4 heterocycles. The highest BCUT2D eigenvalue weighted by Crippen LogP contribution is 2.32. The van der Waals surface area contributed by atoms with E-state index in [0.717, 1.165) is 12.1 Å². The topological polar surface area (TPSA) is 483 Å². The highest BCUT2D eigenvalue weighted by molar-refractivity contribution is 14.1. The van der Waals surface area contributed by atoms with Gasteiger partial charge in [-0.15, -0.1) is 6.58 Å². The summed E-state index contributed by atoms with van der Waals surface area (Å²) in [7, 11) is -13.4. The summed E-state index contributed by atoms with van der Waals surface area (Å²) in [5.74, 6) is -2.02. The van der Waals surface area contributed by atoms with Crippen LogP contribution in [0.15, 0.2) is 123 Å². The SMILES string of the molecule is C.C=C(C)C.COc1cc(C)nc(NC(=O)NS(=O)(=O)c2c(F)cccc2I)n1.COc1cc(Cl)nc(NC(=O)NS(=O)(=O)c2c(I)cccc2OC(F)F)n1.COc1nc(C)nc(NC(=O)NS(=O)(=O)c2c(O)cccc2I)n1.Cc1cc(C)nc(NC(=O)NS(=O)(=O)c2c(I)cccc2OC(C)C)n1. The second kappa shape index (κ2) is 41.6. The number of hydrogen-bond donors (Lipinski definition) is 9. The molecule has 0 bridgehead atoms. The second-order valence-electron chi connectivity index (χ2n) is 20.4. The number of nitrogens with one attached hydrogen (secondary N) is 8. The normalized spacial score (nSPS) is 10.8. The first-order valence-electron chi connectivity index (χ1n) is 28.5. The number of rotatable bonds is 19. The smallest absolute Gasteiger partial charge is 0.387 e. The van der Waals surface area contributed by atoms with Crippen molar-refractivity contribution < 1.29 is 94.8 Å². The van der Waals surface area contributed by atoms with Crippen molar-refractivity contribution in [2.24, 2.45) is 0 Å². The molecule has 0 aliphatic rings. The Morgan fingerprint density at radius 1 is 0.491 bits per heavy atom. The molecule has 4 aromatic heterocycles. The van der Waals surface area contributed by atoms with Gasteiger partial charge in [-0.05, 0) is 200 Å². The molecule has 106 heavy (non-hydrogen) atoms. The number of phenolic OH excluding ortho intramolecular Hbond substituents is 1. The van der Waals surface area contributed by atoms with Gasteiger partial charge < -0.3 is 28.8 Å². The number of halogens is 8. The van der Waals surface area contributed by atoms with Crippen molar-refractivity contribution in [1.82, 2.24) is 63.7 Å². The van der Waals surface area contributed by atoms with E-state index in [1.165, 1.54) is 81.5 Å². The summed E-state index contributed by atoms with van der Waals surface area (Å²) in [6.07, 6.45) is -0.223. The lowest BCUT2D eigenvalue weighted by atomic mass is 10.3. The standard InChI is InChI=1S/C16H19IN4O4S.C13H10ClF2IN4O5S.C13H12FIN4O4S.C12H12IN5O5S.C4H8.CH4/c1-9(2)25-13-7-5-6-12(17)14(13)26(23,24)21-16(22)20-15-18-10(3)8-11(4)19-15;1-25-9-5-8(14)18-12(19-9)20-13(22)21-27(23,24)10-6(17)3-2-4-7(10)26-11(15)16;1-7-6-10(23-2)17-12(16-7)18-13(20)19-24(21,22)11-8(14)4-3-5-9(11)15;1-6-14-10(17-12(15-6)23-2)16-11(20)18-24(21,22)9-7(13)4-3-5-8(9)19;1-4(2)3;/h5-9H,1-4H3,(H2,18,19,20,21,22);2-5,11H,1H3,(H2,18,19,20,21,22);3-6H,1-2H3,(H2,16,17,18,19,20);3-5,19H,1-2H3,(H2,14,15,16,17,18,20);1H2,2-3H3;1H4. The Labute approximate surface area is 666 Å². The van der Waals surface area contributed by atoms with E-state index in [0.29, 0.717) is 20.7 Å². The molecule has 4 aromatic carbocycles. The number of carbonyl (C=O) groups is 4. The maximum Gasteiger partial charge on any atom is 0.387 e. The van der Waals surface area contributed by atoms with Crippen molar-refractivity contribution in [3.8, 4) is 35.0 Å². The van der Waals surface area contributed by atoms with Crippen LogP contribution in [-0.4, -0.2) is 142 Å². The Hall–Kier alpha value is -8.45. The van der Waals surface area contributed by atoms with Crippen molar-refractivity contribution in [1.29, 1.82) is 0 Å². The molecular weight excluding hydrogens is 1960 g/mol. The maximum absolute atomic E-state index is 13.8. The summed E-state index contributed by atoms with van der Waals surface area (Å²) in [5, 5.41) is 18.4. The molecule has 47 heteroatoms. The first-order chi connectivity index (χ1) is 48.9. The lowest BCUT2D eigenvalue weighted by Gasteiger charge is -2.16. The molecular formula is C59H65ClF3I4N17O18S4. The molecule has 0 fully saturated rings. The molecule has 35 nitrogen and oxygen atoms in total. The molecule has 0 atom stereocenters. The summed E-state index contributed by atoms with van der Waals surface area (Å²) < 4.78 is 170. The van der Waals surface area contributed by atoms with Gasteiger partial charge in [-0.3, -0.25) is 21.3 Å². The van der Waals surface area contributed by atoms with Gasteiger partial charge in [0, 0.05) is 43.5 Å². The zero-order valence-electron chi connectivity index (χ0n) is 56.1. The molecule has 8 rings (SSSR count). The van der Waals surface area contributed by atoms with E-state index in [4.69, 9.17) is 30.5 Å². The third kappa shape index (κ3) is 29.7. The fourth-order valence-corrected chi connectivity index (χ4v) is 17.2. The number of benzene rings is 4. The Bertz CT molecular complexity index is 4790. The number of aromatic nitrogens is 9. The third-order valence-electron chi connectivity index (χ3n) is 11.0. The van der Waals surface area contributed by atoms with Crippen LogP contribution in [0.2, 0.25) is 5.15 Å². The maximum atomic E-state index is 13.8. The molecule has 0 unspecified atom stereocenters. The van der Waals surface area contributed by atoms with E-state index >= 15 is 0 Å². The van der Waals surface area contributed by atoms with Crippen LogP contribution < -0.4 is 63.8 Å². The highest BCUT2D eigenvalue weighted by atomic mass is 127. The highest BCUT2D eigenvalue weighted by Gasteiger charge is 2.30. The number of hydrogen-bond acceptors (Lipinski definition) is 27. The molecule has 0 spiro atoms. The quantitative estimate of drug-likeness (QED) is 0.0206. The molecule has 0 aliphatic heterocycles. The zero-order valence-corrected chi connectivity index (χ0v) is 68.7. The van der Waals surface area contributed by atoms with Gasteiger partial charge in [0.05, 0.1) is 27.4 Å². The van der Waals surface area contributed by atoms with Crippen LogP contribution in [0.4, 0.5) is 56.1 Å². The molecule has 0 aliphatic carbocycles. The Kier molecular flexibility index (Phi) is 36.0. The van der Waals surface area contributed by atoms with Crippen LogP contribution in [0.25, 0.3) is 0 Å². The number of anilines is 4. The zero-order chi connectivity index (χ0) is 79.1. The Balaban J connectivity index is 0.000000359. The van der Waals surface area contributed by atoms with E-state index in [9.17, 15) is 71.1 Å². The van der Waals surface area contributed by atoms with Crippen LogP contribution in [0.3, 0.4) is 0 Å². The number of carbonyl (C=O) groups excluding carboxylic acids is 4. The van der Waals surface area contributed by atoms with Crippen molar-refractivity contribution in [2.75, 3.05) is 42.6 Å². The van der Waals surface area contributed by atoms with Gasteiger partial charge >= 0.3 is 36.7 Å². The first-order valence-corrected chi connectivity index (χ1v) is 39.2. The molecule has 9 N–H and O–H groups in total. The van der Waals surface area contributed by atoms with E-state index < -0.39 is 103 Å². The van der Waals surface area contributed by atoms with E-state index in [1.54, 1.807) is 148 Å². The van der Waals surface area contributed by atoms with Crippen molar-refractivity contribution >= 4 is 190 Å². The van der Waals surface area contributed by atoms with Crippen LogP contribution >= 0.6 is 102 Å². The molecule has 8 amide bonds. The number of phenols is 1. The fraction of sp³-hybridized carbons (Fsp3) is 0.237. The van der Waals surface area contributed by atoms with Gasteiger partial charge in [-0.25, -0.2) is 96.1 Å². The van der Waals surface area contributed by atoms with Crippen LogP contribution in [0.5, 0.6) is 35.0 Å². The number of methoxy groups -OCH3 is 3. The fourth-order valence-electron chi connectivity index (χ4n) is 7.38. The summed E-state index contributed by atoms with van der Waals surface area (Å²) >= 11 is 12.6. The predicted molar refractivity (Wildman–Crippen MR) is 415 cm³/mol. The van der Waals surface area contributed by atoms with Crippen LogP contribution in [0, 0.1) is 47.8 Å². The monoisotopic (exact) mass is 2030 g/mol. The van der Waals surface area contributed by atoms with Gasteiger partial charge in [-0.2, -0.15) is 33.7 Å². The minimum atomic E-state index is -4.56. The lowest BCUT2D eigenvalue weighted by molar-refractivity contribution is -0.0518. The Morgan fingerprint density at radius 3 is 1.25 bits per heavy atom.